The van der Waals surface area contributed by atoms with Crippen molar-refractivity contribution in [2.75, 3.05) is 0 Å². The van der Waals surface area contributed by atoms with Crippen molar-refractivity contribution in [1.82, 2.24) is 17.9 Å². The molecule has 0 fully saturated rings. The van der Waals surface area contributed by atoms with Crippen molar-refractivity contribution in [3.63, 3.8) is 0 Å². The van der Waals surface area contributed by atoms with Crippen LogP contribution in [0.4, 0.5) is 0 Å². The first-order valence-electron chi connectivity index (χ1n) is 22.9. The molecule has 9 aromatic carbocycles. The second-order valence-electron chi connectivity index (χ2n) is 18.7. The molecule has 0 N–H and O–H groups in total. The number of benzene rings is 9. The fourth-order valence-electron chi connectivity index (χ4n) is 12.7. The van der Waals surface area contributed by atoms with Crippen LogP contribution in [0.1, 0.15) is 50.7 Å². The first kappa shape index (κ1) is 34.7. The summed E-state index contributed by atoms with van der Waals surface area (Å²) in [6.45, 7) is 9.74. The molecular formula is C60H42N4. The summed E-state index contributed by atoms with van der Waals surface area (Å²) in [5.41, 5.74) is 18.1. The smallest absolute Gasteiger partial charge is 0.0628 e. The number of rotatable bonds is 4. The average Bonchev–Trinajstić information content (AvgIpc) is 4.16. The summed E-state index contributed by atoms with van der Waals surface area (Å²) < 4.78 is 10.4. The highest BCUT2D eigenvalue weighted by atomic mass is 15.0. The van der Waals surface area contributed by atoms with E-state index in [0.717, 1.165) is 0 Å². The predicted molar refractivity (Wildman–Crippen MR) is 273 cm³/mol. The van der Waals surface area contributed by atoms with E-state index in [1.165, 1.54) is 142 Å². The van der Waals surface area contributed by atoms with Crippen molar-refractivity contribution >= 4 is 120 Å². The predicted octanol–water partition coefficient (Wildman–Crippen LogP) is 16.4. The topological polar surface area (TPSA) is 18.7 Å². The maximum atomic E-state index is 2.70. The number of aromatic nitrogens is 4. The van der Waals surface area contributed by atoms with Crippen LogP contribution in [0.15, 0.2) is 170 Å². The molecule has 0 saturated heterocycles. The first-order chi connectivity index (χ1) is 31.5. The third-order valence-electron chi connectivity index (χ3n) is 14.8. The zero-order chi connectivity index (χ0) is 42.3. The third-order valence-corrected chi connectivity index (χ3v) is 14.8. The summed E-state index contributed by atoms with van der Waals surface area (Å²) in [4.78, 5) is 0. The van der Waals surface area contributed by atoms with Crippen LogP contribution in [0.2, 0.25) is 0 Å². The van der Waals surface area contributed by atoms with Gasteiger partial charge in [0.2, 0.25) is 0 Å². The molecule has 0 unspecified atom stereocenters. The van der Waals surface area contributed by atoms with Crippen molar-refractivity contribution in [2.45, 2.75) is 39.5 Å². The summed E-state index contributed by atoms with van der Waals surface area (Å²) >= 11 is 0. The Balaban J connectivity index is 1.31. The Morgan fingerprint density at radius 3 is 1.02 bits per heavy atom. The van der Waals surface area contributed by atoms with Crippen LogP contribution in [0.25, 0.3) is 131 Å². The fourth-order valence-corrected chi connectivity index (χ4v) is 12.7. The molecule has 6 heterocycles. The number of nitrogens with zero attached hydrogens (tertiary/aromatic N) is 4. The van der Waals surface area contributed by atoms with Gasteiger partial charge in [-0.2, -0.15) is 0 Å². The molecule has 0 aliphatic carbocycles. The van der Waals surface area contributed by atoms with Gasteiger partial charge in [0, 0.05) is 76.0 Å². The summed E-state index contributed by atoms with van der Waals surface area (Å²) in [7, 11) is 0. The van der Waals surface area contributed by atoms with E-state index in [0.29, 0.717) is 0 Å². The molecule has 0 aliphatic rings. The molecule has 4 nitrogen and oxygen atoms in total. The van der Waals surface area contributed by atoms with Crippen molar-refractivity contribution in [3.8, 4) is 11.4 Å². The quantitative estimate of drug-likeness (QED) is 0.168. The van der Waals surface area contributed by atoms with Gasteiger partial charge in [0.1, 0.15) is 0 Å². The van der Waals surface area contributed by atoms with Crippen molar-refractivity contribution in [3.05, 3.63) is 181 Å². The van der Waals surface area contributed by atoms with Crippen LogP contribution in [0.3, 0.4) is 0 Å². The Morgan fingerprint density at radius 2 is 0.625 bits per heavy atom. The lowest BCUT2D eigenvalue weighted by molar-refractivity contribution is 0.869. The highest BCUT2D eigenvalue weighted by Crippen LogP contribution is 2.56. The van der Waals surface area contributed by atoms with E-state index in [1.807, 2.05) is 0 Å². The van der Waals surface area contributed by atoms with Gasteiger partial charge in [0.05, 0.1) is 55.2 Å². The Kier molecular flexibility index (Phi) is 6.51. The zero-order valence-corrected chi connectivity index (χ0v) is 36.1. The van der Waals surface area contributed by atoms with E-state index >= 15 is 0 Å². The van der Waals surface area contributed by atoms with Gasteiger partial charge >= 0.3 is 0 Å². The van der Waals surface area contributed by atoms with Crippen LogP contribution < -0.4 is 0 Å². The Morgan fingerprint density at radius 1 is 0.281 bits per heavy atom. The molecule has 0 amide bonds. The van der Waals surface area contributed by atoms with Crippen LogP contribution >= 0.6 is 0 Å². The second kappa shape index (κ2) is 12.0. The number of para-hydroxylation sites is 6. The molecule has 0 bridgehead atoms. The van der Waals surface area contributed by atoms with Crippen molar-refractivity contribution in [2.24, 2.45) is 0 Å². The second-order valence-corrected chi connectivity index (χ2v) is 18.7. The molecule has 4 heteroatoms. The summed E-state index contributed by atoms with van der Waals surface area (Å²) in [5.74, 6) is 0.415. The average molecular weight is 819 g/mol. The monoisotopic (exact) mass is 818 g/mol. The lowest BCUT2D eigenvalue weighted by Gasteiger charge is -2.19. The van der Waals surface area contributed by atoms with Crippen LogP contribution in [-0.4, -0.2) is 17.9 Å². The third kappa shape index (κ3) is 3.98. The normalized spacial score (nSPS) is 13.0. The van der Waals surface area contributed by atoms with Crippen molar-refractivity contribution < 1.29 is 0 Å². The standard InChI is InChI=1S/C60H42N4/c1-33(2)49-53-55-51-39-25-13-17-29-45(39)61(35-19-7-5-8-20-35)47(51)31-41-38-24-12-16-28-44(38)64(57(41)55)60(53)50(34(3)4)54-56-52-40-26-14-18-30-46(40)62(36-21-9-6-10-22-36)48(52)32-42-37-23-11-15-27-43(37)63(58(42)56)59(49)54/h5-34H,1-4H3. The van der Waals surface area contributed by atoms with Gasteiger partial charge in [-0.25, -0.2) is 0 Å². The van der Waals surface area contributed by atoms with Crippen LogP contribution in [0.5, 0.6) is 0 Å². The molecule has 0 radical (unpaired) electrons. The molecule has 15 aromatic rings. The van der Waals surface area contributed by atoms with E-state index < -0.39 is 0 Å². The summed E-state index contributed by atoms with van der Waals surface area (Å²) in [5, 5.41) is 16.0. The van der Waals surface area contributed by atoms with E-state index in [9.17, 15) is 0 Å². The minimum atomic E-state index is 0.207. The van der Waals surface area contributed by atoms with E-state index in [1.54, 1.807) is 0 Å². The lowest BCUT2D eigenvalue weighted by Crippen LogP contribution is -2.01. The first-order valence-corrected chi connectivity index (χ1v) is 22.9. The zero-order valence-electron chi connectivity index (χ0n) is 36.1. The number of hydrogen-bond acceptors (Lipinski definition) is 0. The lowest BCUT2D eigenvalue weighted by atomic mass is 9.86. The molecule has 15 rings (SSSR count). The minimum absolute atomic E-state index is 0.207. The van der Waals surface area contributed by atoms with Crippen molar-refractivity contribution in [1.29, 1.82) is 0 Å². The molecule has 0 saturated carbocycles. The van der Waals surface area contributed by atoms with Gasteiger partial charge in [-0.05, 0) is 83.6 Å². The van der Waals surface area contributed by atoms with E-state index in [4.69, 9.17) is 0 Å². The number of fused-ring (bicyclic) bond motifs is 20. The van der Waals surface area contributed by atoms with Gasteiger partial charge in [0.25, 0.3) is 0 Å². The Labute approximate surface area is 368 Å². The highest BCUT2D eigenvalue weighted by molar-refractivity contribution is 6.41. The van der Waals surface area contributed by atoms with Gasteiger partial charge in [-0.3, -0.25) is 0 Å². The molecule has 64 heavy (non-hydrogen) atoms. The number of hydrogen-bond donors (Lipinski definition) is 0. The van der Waals surface area contributed by atoms with Crippen LogP contribution in [0, 0.1) is 0 Å². The molecular weight excluding hydrogens is 777 g/mol. The Hall–Kier alpha value is -7.82. The van der Waals surface area contributed by atoms with Crippen LogP contribution in [-0.2, 0) is 0 Å². The largest absolute Gasteiger partial charge is 0.309 e. The maximum absolute atomic E-state index is 2.70. The SMILES string of the molecule is CC(C)c1c2c3c4c5ccccc5n(-c5ccccc5)c4cc4c5ccccc5n(c2c(C(C)C)c2c5c6c7ccccc7n(-c7ccccc7)c6cc6c7ccccc7n(c12)c65)c43. The fraction of sp³-hybridized carbons (Fsp3) is 0.100. The maximum Gasteiger partial charge on any atom is 0.0628 e. The Bertz CT molecular complexity index is 4170. The molecule has 302 valence electrons. The molecule has 0 spiro atoms. The molecule has 0 atom stereocenters. The van der Waals surface area contributed by atoms with E-state index in [2.05, 4.69) is 215 Å². The van der Waals surface area contributed by atoms with E-state index in [-0.39, 0.29) is 11.8 Å². The molecule has 6 aromatic heterocycles. The summed E-state index contributed by atoms with van der Waals surface area (Å²) in [6, 6.07) is 63.4. The molecule has 0 aliphatic heterocycles. The van der Waals surface area contributed by atoms with Gasteiger partial charge in [-0.1, -0.05) is 137 Å². The van der Waals surface area contributed by atoms with Gasteiger partial charge in [0.15, 0.2) is 0 Å². The highest BCUT2D eigenvalue weighted by Gasteiger charge is 2.34. The minimum Gasteiger partial charge on any atom is -0.309 e. The van der Waals surface area contributed by atoms with Gasteiger partial charge in [-0.15, -0.1) is 0 Å². The van der Waals surface area contributed by atoms with Gasteiger partial charge < -0.3 is 17.9 Å². The summed E-state index contributed by atoms with van der Waals surface area (Å²) in [6.07, 6.45) is 0.